The summed E-state index contributed by atoms with van der Waals surface area (Å²) in [5, 5.41) is 22.4. The quantitative estimate of drug-likeness (QED) is 0.297. The SMILES string of the molecule is CC(C)c1ccc(-c2c(C(=O)c3ccccc3)c(O)c(O)n2-c2nc3ccccc3s2)cc1. The minimum absolute atomic E-state index is 0.0512. The van der Waals surface area contributed by atoms with Gasteiger partial charge in [0.2, 0.25) is 5.88 Å². The van der Waals surface area contributed by atoms with Crippen LogP contribution in [0.15, 0.2) is 78.9 Å². The second-order valence-electron chi connectivity index (χ2n) is 8.17. The number of aromatic nitrogens is 2. The molecule has 5 nitrogen and oxygen atoms in total. The predicted molar refractivity (Wildman–Crippen MR) is 132 cm³/mol. The number of para-hydroxylation sites is 1. The maximum atomic E-state index is 13.5. The fourth-order valence-electron chi connectivity index (χ4n) is 3.94. The standard InChI is InChI=1S/C27H22N2O3S/c1-16(2)17-12-14-18(15-13-17)23-22(24(30)19-8-4-3-5-9-19)25(31)26(32)29(23)27-28-20-10-6-7-11-21(20)33-27/h3-16,31-32H,1-2H3. The highest BCUT2D eigenvalue weighted by Gasteiger charge is 2.31. The monoisotopic (exact) mass is 454 g/mol. The molecule has 0 radical (unpaired) electrons. The van der Waals surface area contributed by atoms with Crippen molar-refractivity contribution in [3.05, 3.63) is 95.6 Å². The number of benzene rings is 3. The Morgan fingerprint density at radius 1 is 0.909 bits per heavy atom. The molecule has 5 rings (SSSR count). The molecule has 0 bridgehead atoms. The van der Waals surface area contributed by atoms with Gasteiger partial charge in [0.15, 0.2) is 16.7 Å². The maximum Gasteiger partial charge on any atom is 0.242 e. The molecule has 33 heavy (non-hydrogen) atoms. The van der Waals surface area contributed by atoms with E-state index in [4.69, 9.17) is 0 Å². The zero-order valence-electron chi connectivity index (χ0n) is 18.2. The summed E-state index contributed by atoms with van der Waals surface area (Å²) in [4.78, 5) is 18.2. The third-order valence-corrected chi connectivity index (χ3v) is 6.73. The highest BCUT2D eigenvalue weighted by Crippen LogP contribution is 2.45. The van der Waals surface area contributed by atoms with Crippen LogP contribution in [0.25, 0.3) is 26.6 Å². The van der Waals surface area contributed by atoms with Crippen molar-refractivity contribution in [2.45, 2.75) is 19.8 Å². The number of carbonyl (C=O) groups excluding carboxylic acids is 1. The zero-order chi connectivity index (χ0) is 23.1. The number of ketones is 1. The Balaban J connectivity index is 1.79. The Morgan fingerprint density at radius 2 is 1.58 bits per heavy atom. The molecular formula is C27H22N2O3S. The fraction of sp³-hybridized carbons (Fsp3) is 0.111. The molecule has 0 fully saturated rings. The van der Waals surface area contributed by atoms with E-state index in [1.165, 1.54) is 15.9 Å². The molecule has 5 aromatic rings. The van der Waals surface area contributed by atoms with Crippen LogP contribution in [-0.4, -0.2) is 25.5 Å². The first-order valence-electron chi connectivity index (χ1n) is 10.7. The van der Waals surface area contributed by atoms with Crippen molar-refractivity contribution in [1.82, 2.24) is 9.55 Å². The molecule has 6 heteroatoms. The Kier molecular flexibility index (Phi) is 5.23. The second kappa shape index (κ2) is 8.22. The number of nitrogens with zero attached hydrogens (tertiary/aromatic N) is 2. The van der Waals surface area contributed by atoms with Gasteiger partial charge in [0.1, 0.15) is 0 Å². The van der Waals surface area contributed by atoms with Gasteiger partial charge in [-0.25, -0.2) is 4.98 Å². The van der Waals surface area contributed by atoms with Crippen LogP contribution in [0.1, 0.15) is 41.3 Å². The van der Waals surface area contributed by atoms with Crippen LogP contribution >= 0.6 is 11.3 Å². The van der Waals surface area contributed by atoms with Gasteiger partial charge < -0.3 is 10.2 Å². The number of rotatable bonds is 5. The molecular weight excluding hydrogens is 432 g/mol. The van der Waals surface area contributed by atoms with Crippen LogP contribution in [0.4, 0.5) is 0 Å². The predicted octanol–water partition coefficient (Wildman–Crippen LogP) is 6.52. The number of hydrogen-bond acceptors (Lipinski definition) is 5. The molecule has 0 aliphatic heterocycles. The van der Waals surface area contributed by atoms with Crippen LogP contribution < -0.4 is 0 Å². The molecule has 0 aliphatic carbocycles. The molecule has 0 unspecified atom stereocenters. The van der Waals surface area contributed by atoms with Gasteiger partial charge in [-0.2, -0.15) is 0 Å². The van der Waals surface area contributed by atoms with Crippen LogP contribution in [-0.2, 0) is 0 Å². The van der Waals surface area contributed by atoms with E-state index in [0.29, 0.717) is 27.9 Å². The maximum absolute atomic E-state index is 13.5. The molecule has 164 valence electrons. The number of aromatic hydroxyl groups is 2. The van der Waals surface area contributed by atoms with Crippen LogP contribution in [0.3, 0.4) is 0 Å². The van der Waals surface area contributed by atoms with E-state index in [0.717, 1.165) is 15.8 Å². The summed E-state index contributed by atoms with van der Waals surface area (Å²) >= 11 is 1.38. The summed E-state index contributed by atoms with van der Waals surface area (Å²) in [5.74, 6) is -0.879. The number of fused-ring (bicyclic) bond motifs is 1. The van der Waals surface area contributed by atoms with Crippen molar-refractivity contribution >= 4 is 27.3 Å². The van der Waals surface area contributed by atoms with E-state index in [-0.39, 0.29) is 11.3 Å². The van der Waals surface area contributed by atoms with Crippen molar-refractivity contribution in [3.63, 3.8) is 0 Å². The Hall–Kier alpha value is -3.90. The lowest BCUT2D eigenvalue weighted by Crippen LogP contribution is -2.05. The van der Waals surface area contributed by atoms with E-state index >= 15 is 0 Å². The molecule has 2 aromatic heterocycles. The highest BCUT2D eigenvalue weighted by atomic mass is 32.1. The summed E-state index contributed by atoms with van der Waals surface area (Å²) in [6, 6.07) is 24.2. The van der Waals surface area contributed by atoms with E-state index in [2.05, 4.69) is 18.8 Å². The van der Waals surface area contributed by atoms with Crippen LogP contribution in [0.5, 0.6) is 11.6 Å². The van der Waals surface area contributed by atoms with E-state index in [1.807, 2.05) is 54.6 Å². The molecule has 0 aliphatic rings. The van der Waals surface area contributed by atoms with Gasteiger partial charge in [0, 0.05) is 5.56 Å². The molecule has 0 saturated carbocycles. The first kappa shape index (κ1) is 21.0. The molecule has 2 N–H and O–H groups in total. The van der Waals surface area contributed by atoms with Crippen molar-refractivity contribution in [2.75, 3.05) is 0 Å². The van der Waals surface area contributed by atoms with Gasteiger partial charge in [-0.3, -0.25) is 9.36 Å². The minimum atomic E-state index is -0.453. The lowest BCUT2D eigenvalue weighted by Gasteiger charge is -2.11. The molecule has 0 atom stereocenters. The van der Waals surface area contributed by atoms with Gasteiger partial charge >= 0.3 is 0 Å². The van der Waals surface area contributed by atoms with Crippen molar-refractivity contribution < 1.29 is 15.0 Å². The van der Waals surface area contributed by atoms with Gasteiger partial charge in [-0.1, -0.05) is 91.9 Å². The summed E-state index contributed by atoms with van der Waals surface area (Å²) in [5.41, 5.74) is 3.52. The third-order valence-electron chi connectivity index (χ3n) is 5.71. The van der Waals surface area contributed by atoms with E-state index in [9.17, 15) is 15.0 Å². The molecule has 0 spiro atoms. The van der Waals surface area contributed by atoms with Gasteiger partial charge in [0.05, 0.1) is 21.5 Å². The third kappa shape index (κ3) is 3.58. The normalized spacial score (nSPS) is 11.4. The highest BCUT2D eigenvalue weighted by molar-refractivity contribution is 7.20. The summed E-state index contributed by atoms with van der Waals surface area (Å²) < 4.78 is 2.41. The topological polar surface area (TPSA) is 75.3 Å². The number of hydrogen-bond donors (Lipinski definition) is 2. The first-order valence-corrected chi connectivity index (χ1v) is 11.5. The van der Waals surface area contributed by atoms with Crippen molar-refractivity contribution in [3.8, 4) is 28.0 Å². The van der Waals surface area contributed by atoms with Gasteiger partial charge in [-0.15, -0.1) is 0 Å². The molecule has 0 saturated heterocycles. The number of carbonyl (C=O) groups is 1. The summed E-state index contributed by atoms with van der Waals surface area (Å²) in [7, 11) is 0. The average Bonchev–Trinajstić information content (AvgIpc) is 3.38. The fourth-order valence-corrected chi connectivity index (χ4v) is 4.91. The van der Waals surface area contributed by atoms with Crippen molar-refractivity contribution in [2.24, 2.45) is 0 Å². The second-order valence-corrected chi connectivity index (χ2v) is 9.18. The van der Waals surface area contributed by atoms with E-state index < -0.39 is 11.6 Å². The molecule has 0 amide bonds. The first-order chi connectivity index (χ1) is 16.0. The Bertz CT molecular complexity index is 1430. The molecule has 2 heterocycles. The van der Waals surface area contributed by atoms with Gasteiger partial charge in [-0.05, 0) is 29.2 Å². The largest absolute Gasteiger partial charge is 0.503 e. The van der Waals surface area contributed by atoms with Crippen LogP contribution in [0.2, 0.25) is 0 Å². The number of thiazole rings is 1. The average molecular weight is 455 g/mol. The van der Waals surface area contributed by atoms with E-state index in [1.54, 1.807) is 24.3 Å². The minimum Gasteiger partial charge on any atom is -0.503 e. The lowest BCUT2D eigenvalue weighted by atomic mass is 9.96. The van der Waals surface area contributed by atoms with Crippen LogP contribution in [0, 0.1) is 0 Å². The van der Waals surface area contributed by atoms with Crippen molar-refractivity contribution in [1.29, 1.82) is 0 Å². The Morgan fingerprint density at radius 3 is 2.24 bits per heavy atom. The summed E-state index contributed by atoms with van der Waals surface area (Å²) in [6.07, 6.45) is 0. The Labute approximate surface area is 195 Å². The smallest absolute Gasteiger partial charge is 0.242 e. The lowest BCUT2D eigenvalue weighted by molar-refractivity contribution is 0.103. The zero-order valence-corrected chi connectivity index (χ0v) is 19.0. The molecule has 3 aromatic carbocycles. The van der Waals surface area contributed by atoms with Gasteiger partial charge in [0.25, 0.3) is 0 Å². The summed E-state index contributed by atoms with van der Waals surface area (Å²) in [6.45, 7) is 4.22.